The van der Waals surface area contributed by atoms with Crippen molar-refractivity contribution in [3.63, 3.8) is 0 Å². The molecule has 0 saturated heterocycles. The summed E-state index contributed by atoms with van der Waals surface area (Å²) in [4.78, 5) is 24.5. The summed E-state index contributed by atoms with van der Waals surface area (Å²) in [5, 5.41) is 1.22. The van der Waals surface area contributed by atoms with Crippen molar-refractivity contribution in [3.05, 3.63) is 63.5 Å². The molecule has 1 aliphatic rings. The molecule has 0 atom stereocenters. The van der Waals surface area contributed by atoms with Crippen molar-refractivity contribution in [2.45, 2.75) is 49.7 Å². The van der Waals surface area contributed by atoms with Gasteiger partial charge in [0.25, 0.3) is 5.56 Å². The zero-order chi connectivity index (χ0) is 21.5. The van der Waals surface area contributed by atoms with E-state index in [4.69, 9.17) is 4.98 Å². The lowest BCUT2D eigenvalue weighted by atomic mass is 9.97. The molecule has 3 aromatic heterocycles. The highest BCUT2D eigenvalue weighted by atomic mass is 32.2. The standard InChI is InChI=1S/C22H20F2N4OS2/c1-2-11-27-20(29)18-13-7-3-6-10-16(13)31-19(18)26-22(27)30-12-17-25-14-8-4-5-9-15(14)28(17)21(23)24/h2,4-5,8-9,21H,1,3,6-7,10-12H2. The average molecular weight is 459 g/mol. The van der Waals surface area contributed by atoms with Gasteiger partial charge in [-0.2, -0.15) is 8.78 Å². The van der Waals surface area contributed by atoms with Crippen LogP contribution in [0.3, 0.4) is 0 Å². The second-order valence-corrected chi connectivity index (χ2v) is 9.47. The van der Waals surface area contributed by atoms with Gasteiger partial charge >= 0.3 is 6.55 Å². The minimum atomic E-state index is -2.70. The lowest BCUT2D eigenvalue weighted by molar-refractivity contribution is 0.0722. The van der Waals surface area contributed by atoms with Crippen LogP contribution in [0.25, 0.3) is 21.3 Å². The Hall–Kier alpha value is -2.52. The van der Waals surface area contributed by atoms with Crippen LogP contribution in [0.1, 0.15) is 35.7 Å². The first-order chi connectivity index (χ1) is 15.1. The van der Waals surface area contributed by atoms with E-state index in [1.54, 1.807) is 46.2 Å². The largest absolute Gasteiger partial charge is 0.320 e. The maximum Gasteiger partial charge on any atom is 0.320 e. The van der Waals surface area contributed by atoms with Crippen molar-refractivity contribution in [2.75, 3.05) is 0 Å². The minimum absolute atomic E-state index is 0.0748. The topological polar surface area (TPSA) is 52.7 Å². The van der Waals surface area contributed by atoms with Crippen LogP contribution in [-0.4, -0.2) is 19.1 Å². The number of imidazole rings is 1. The zero-order valence-electron chi connectivity index (χ0n) is 16.7. The lowest BCUT2D eigenvalue weighted by Crippen LogP contribution is -2.23. The third-order valence-electron chi connectivity index (χ3n) is 5.55. The fourth-order valence-electron chi connectivity index (χ4n) is 4.16. The van der Waals surface area contributed by atoms with Gasteiger partial charge in [-0.1, -0.05) is 30.0 Å². The molecule has 3 heterocycles. The van der Waals surface area contributed by atoms with E-state index in [-0.39, 0.29) is 17.1 Å². The number of benzene rings is 1. The Morgan fingerprint density at radius 2 is 2.03 bits per heavy atom. The maximum absolute atomic E-state index is 13.8. The first-order valence-electron chi connectivity index (χ1n) is 10.1. The number of thiophene rings is 1. The van der Waals surface area contributed by atoms with Crippen LogP contribution in [0.15, 0.2) is 46.9 Å². The lowest BCUT2D eigenvalue weighted by Gasteiger charge is -2.12. The molecule has 4 aromatic rings. The second-order valence-electron chi connectivity index (χ2n) is 7.44. The number of hydrogen-bond acceptors (Lipinski definition) is 5. The van der Waals surface area contributed by atoms with E-state index < -0.39 is 6.55 Å². The van der Waals surface area contributed by atoms with Gasteiger partial charge in [0.05, 0.1) is 22.2 Å². The number of aromatic nitrogens is 4. The van der Waals surface area contributed by atoms with Crippen LogP contribution in [0.4, 0.5) is 8.78 Å². The molecule has 5 rings (SSSR count). The van der Waals surface area contributed by atoms with E-state index >= 15 is 0 Å². The summed E-state index contributed by atoms with van der Waals surface area (Å²) in [6, 6.07) is 6.85. The summed E-state index contributed by atoms with van der Waals surface area (Å²) < 4.78 is 30.0. The van der Waals surface area contributed by atoms with Gasteiger partial charge in [0, 0.05) is 11.4 Å². The van der Waals surface area contributed by atoms with Gasteiger partial charge < -0.3 is 0 Å². The summed E-state index contributed by atoms with van der Waals surface area (Å²) in [5.74, 6) is 0.435. The number of nitrogens with zero attached hydrogens (tertiary/aromatic N) is 4. The molecule has 31 heavy (non-hydrogen) atoms. The highest BCUT2D eigenvalue weighted by molar-refractivity contribution is 7.98. The molecule has 0 radical (unpaired) electrons. The first-order valence-corrected chi connectivity index (χ1v) is 11.9. The molecule has 0 unspecified atom stereocenters. The Kier molecular flexibility index (Phi) is 5.39. The number of para-hydroxylation sites is 2. The van der Waals surface area contributed by atoms with Gasteiger partial charge in [-0.05, 0) is 43.4 Å². The van der Waals surface area contributed by atoms with Gasteiger partial charge in [0.15, 0.2) is 5.16 Å². The Balaban J connectivity index is 1.57. The van der Waals surface area contributed by atoms with Gasteiger partial charge in [-0.3, -0.25) is 13.9 Å². The molecule has 160 valence electrons. The third kappa shape index (κ3) is 3.49. The van der Waals surface area contributed by atoms with E-state index in [0.717, 1.165) is 40.6 Å². The van der Waals surface area contributed by atoms with Crippen molar-refractivity contribution in [3.8, 4) is 0 Å². The molecule has 0 saturated carbocycles. The van der Waals surface area contributed by atoms with Crippen molar-refractivity contribution in [1.29, 1.82) is 0 Å². The van der Waals surface area contributed by atoms with E-state index in [0.29, 0.717) is 28.1 Å². The van der Waals surface area contributed by atoms with E-state index in [2.05, 4.69) is 11.6 Å². The number of fused-ring (bicyclic) bond motifs is 4. The molecule has 0 spiro atoms. The Morgan fingerprint density at radius 1 is 1.23 bits per heavy atom. The fraction of sp³-hybridized carbons (Fsp3) is 0.318. The first kappa shape index (κ1) is 20.4. The normalized spacial score (nSPS) is 13.9. The predicted octanol–water partition coefficient (Wildman–Crippen LogP) is 5.56. The molecule has 5 nitrogen and oxygen atoms in total. The fourth-order valence-corrected chi connectivity index (χ4v) is 6.40. The SMILES string of the molecule is C=CCn1c(SCc2nc3ccccc3n2C(F)F)nc2sc3c(c2c1=O)CCCC3. The van der Waals surface area contributed by atoms with E-state index in [9.17, 15) is 13.6 Å². The summed E-state index contributed by atoms with van der Waals surface area (Å²) >= 11 is 2.84. The number of alkyl halides is 2. The van der Waals surface area contributed by atoms with Crippen LogP contribution in [-0.2, 0) is 25.1 Å². The van der Waals surface area contributed by atoms with Gasteiger partial charge in [-0.15, -0.1) is 17.9 Å². The van der Waals surface area contributed by atoms with Crippen LogP contribution >= 0.6 is 23.1 Å². The van der Waals surface area contributed by atoms with Crippen molar-refractivity contribution < 1.29 is 8.78 Å². The highest BCUT2D eigenvalue weighted by Gasteiger charge is 2.23. The Morgan fingerprint density at radius 3 is 2.84 bits per heavy atom. The number of hydrogen-bond donors (Lipinski definition) is 0. The van der Waals surface area contributed by atoms with Gasteiger partial charge in [0.2, 0.25) is 0 Å². The summed E-state index contributed by atoms with van der Waals surface area (Å²) in [5.41, 5.74) is 1.98. The number of halogens is 2. The van der Waals surface area contributed by atoms with Gasteiger partial charge in [-0.25, -0.2) is 9.97 Å². The Labute approximate surface area is 185 Å². The average Bonchev–Trinajstić information content (AvgIpc) is 3.32. The Bertz CT molecular complexity index is 1360. The number of rotatable bonds is 6. The molecule has 0 N–H and O–H groups in total. The van der Waals surface area contributed by atoms with Crippen molar-refractivity contribution >= 4 is 44.3 Å². The number of thioether (sulfide) groups is 1. The molecule has 0 fully saturated rings. The molecule has 1 aromatic carbocycles. The van der Waals surface area contributed by atoms with Gasteiger partial charge in [0.1, 0.15) is 10.7 Å². The molecular weight excluding hydrogens is 438 g/mol. The number of aryl methyl sites for hydroxylation is 2. The molecular formula is C22H20F2N4OS2. The van der Waals surface area contributed by atoms with Crippen molar-refractivity contribution in [1.82, 2.24) is 19.1 Å². The number of allylic oxidation sites excluding steroid dienone is 1. The maximum atomic E-state index is 13.8. The van der Waals surface area contributed by atoms with Crippen LogP contribution < -0.4 is 5.56 Å². The molecule has 9 heteroatoms. The smallest absolute Gasteiger partial charge is 0.283 e. The quantitative estimate of drug-likeness (QED) is 0.216. The van der Waals surface area contributed by atoms with Crippen LogP contribution in [0, 0.1) is 0 Å². The predicted molar refractivity (Wildman–Crippen MR) is 121 cm³/mol. The summed E-state index contributed by atoms with van der Waals surface area (Å²) in [7, 11) is 0. The summed E-state index contributed by atoms with van der Waals surface area (Å²) in [6.07, 6.45) is 5.77. The van der Waals surface area contributed by atoms with Crippen LogP contribution in [0.2, 0.25) is 0 Å². The molecule has 0 bridgehead atoms. The second kappa shape index (κ2) is 8.20. The van der Waals surface area contributed by atoms with E-state index in [1.807, 2.05) is 0 Å². The monoisotopic (exact) mass is 458 g/mol. The molecule has 0 aliphatic heterocycles. The minimum Gasteiger partial charge on any atom is -0.283 e. The van der Waals surface area contributed by atoms with Crippen molar-refractivity contribution in [2.24, 2.45) is 0 Å². The zero-order valence-corrected chi connectivity index (χ0v) is 18.3. The molecule has 1 aliphatic carbocycles. The third-order valence-corrected chi connectivity index (χ3v) is 7.70. The van der Waals surface area contributed by atoms with Crippen LogP contribution in [0.5, 0.6) is 0 Å². The molecule has 0 amide bonds. The summed E-state index contributed by atoms with van der Waals surface area (Å²) in [6.45, 7) is 1.39. The highest BCUT2D eigenvalue weighted by Crippen LogP contribution is 2.35. The van der Waals surface area contributed by atoms with E-state index in [1.165, 1.54) is 16.6 Å².